The predicted molar refractivity (Wildman–Crippen MR) is 72.8 cm³/mol. The molecule has 0 spiro atoms. The van der Waals surface area contributed by atoms with Crippen molar-refractivity contribution in [1.29, 1.82) is 0 Å². The first kappa shape index (κ1) is 13.4. The molecule has 0 saturated heterocycles. The number of aromatic nitrogens is 2. The van der Waals surface area contributed by atoms with Gasteiger partial charge in [0.1, 0.15) is 5.65 Å². The van der Waals surface area contributed by atoms with Crippen LogP contribution in [0.3, 0.4) is 0 Å². The Morgan fingerprint density at radius 3 is 2.52 bits per heavy atom. The van der Waals surface area contributed by atoms with E-state index in [4.69, 9.17) is 0 Å². The quantitative estimate of drug-likeness (QED) is 0.744. The van der Waals surface area contributed by atoms with E-state index < -0.39 is 11.7 Å². The van der Waals surface area contributed by atoms with Crippen LogP contribution in [0.15, 0.2) is 53.3 Å². The second kappa shape index (κ2) is 4.73. The van der Waals surface area contributed by atoms with Gasteiger partial charge in [-0.25, -0.2) is 4.98 Å². The van der Waals surface area contributed by atoms with Crippen molar-refractivity contribution in [3.63, 3.8) is 0 Å². The lowest BCUT2D eigenvalue weighted by molar-refractivity contribution is -0.137. The number of benzene rings is 1. The van der Waals surface area contributed by atoms with Gasteiger partial charge in [0, 0.05) is 17.0 Å². The summed E-state index contributed by atoms with van der Waals surface area (Å²) in [6.07, 6.45) is -4.40. The Morgan fingerprint density at radius 1 is 1.00 bits per heavy atom. The van der Waals surface area contributed by atoms with Crippen LogP contribution in [0.5, 0.6) is 0 Å². The molecule has 2 aromatic heterocycles. The van der Waals surface area contributed by atoms with Crippen LogP contribution in [0.1, 0.15) is 5.56 Å². The molecule has 0 saturated carbocycles. The Morgan fingerprint density at radius 2 is 1.76 bits per heavy atom. The molecule has 0 atom stereocenters. The molecule has 3 nitrogen and oxygen atoms in total. The van der Waals surface area contributed by atoms with E-state index in [1.54, 1.807) is 24.3 Å². The van der Waals surface area contributed by atoms with Crippen LogP contribution in [-0.2, 0) is 6.18 Å². The lowest BCUT2D eigenvalue weighted by Crippen LogP contribution is -2.05. The molecule has 0 unspecified atom stereocenters. The van der Waals surface area contributed by atoms with Crippen LogP contribution < -0.4 is 5.56 Å². The van der Waals surface area contributed by atoms with Crippen molar-refractivity contribution in [1.82, 2.24) is 9.97 Å². The number of nitrogens with zero attached hydrogens (tertiary/aromatic N) is 1. The SMILES string of the molecule is O=c1ccc2ccc(-c3cccc(C(F)(F)F)c3)nc2[nH]1. The highest BCUT2D eigenvalue weighted by atomic mass is 19.4. The first-order valence-electron chi connectivity index (χ1n) is 6.11. The number of pyridine rings is 2. The Labute approximate surface area is 117 Å². The Hall–Kier alpha value is -2.63. The van der Waals surface area contributed by atoms with Gasteiger partial charge in [0.2, 0.25) is 5.56 Å². The number of hydrogen-bond acceptors (Lipinski definition) is 2. The molecule has 1 aromatic carbocycles. The number of nitrogens with one attached hydrogen (secondary N) is 1. The molecule has 106 valence electrons. The van der Waals surface area contributed by atoms with Crippen LogP contribution in [-0.4, -0.2) is 9.97 Å². The monoisotopic (exact) mass is 290 g/mol. The number of H-pyrrole nitrogens is 1. The first-order valence-corrected chi connectivity index (χ1v) is 6.11. The summed E-state index contributed by atoms with van der Waals surface area (Å²) in [6.45, 7) is 0. The van der Waals surface area contributed by atoms with Crippen LogP contribution in [0.4, 0.5) is 13.2 Å². The average Bonchev–Trinajstić information content (AvgIpc) is 2.45. The summed E-state index contributed by atoms with van der Waals surface area (Å²) >= 11 is 0. The molecule has 0 aliphatic carbocycles. The fourth-order valence-corrected chi connectivity index (χ4v) is 2.04. The Kier molecular flexibility index (Phi) is 3.01. The van der Waals surface area contributed by atoms with E-state index in [0.717, 1.165) is 12.1 Å². The number of aromatic amines is 1. The molecular formula is C15H9F3N2O. The number of hydrogen-bond donors (Lipinski definition) is 1. The summed E-state index contributed by atoms with van der Waals surface area (Å²) in [5.74, 6) is 0. The van der Waals surface area contributed by atoms with Gasteiger partial charge in [0.05, 0.1) is 11.3 Å². The van der Waals surface area contributed by atoms with E-state index in [-0.39, 0.29) is 5.56 Å². The number of halogens is 3. The number of fused-ring (bicyclic) bond motifs is 1. The van der Waals surface area contributed by atoms with Gasteiger partial charge >= 0.3 is 6.18 Å². The third kappa shape index (κ3) is 2.65. The lowest BCUT2D eigenvalue weighted by Gasteiger charge is -2.08. The van der Waals surface area contributed by atoms with E-state index in [1.165, 1.54) is 12.1 Å². The van der Waals surface area contributed by atoms with Gasteiger partial charge in [0.15, 0.2) is 0 Å². The third-order valence-corrected chi connectivity index (χ3v) is 3.07. The largest absolute Gasteiger partial charge is 0.416 e. The molecule has 3 rings (SSSR count). The highest BCUT2D eigenvalue weighted by Crippen LogP contribution is 2.31. The molecule has 21 heavy (non-hydrogen) atoms. The van der Waals surface area contributed by atoms with Crippen molar-refractivity contribution >= 4 is 11.0 Å². The van der Waals surface area contributed by atoms with Gasteiger partial charge in [0.25, 0.3) is 0 Å². The van der Waals surface area contributed by atoms with Crippen LogP contribution in [0.2, 0.25) is 0 Å². The lowest BCUT2D eigenvalue weighted by atomic mass is 10.1. The van der Waals surface area contributed by atoms with E-state index in [9.17, 15) is 18.0 Å². The summed E-state index contributed by atoms with van der Waals surface area (Å²) in [4.78, 5) is 18.0. The molecule has 0 amide bonds. The maximum Gasteiger partial charge on any atom is 0.416 e. The molecule has 1 N–H and O–H groups in total. The maximum absolute atomic E-state index is 12.7. The van der Waals surface area contributed by atoms with Crippen molar-refractivity contribution in [2.75, 3.05) is 0 Å². The summed E-state index contributed by atoms with van der Waals surface area (Å²) in [5, 5.41) is 0.713. The molecule has 0 radical (unpaired) electrons. The van der Waals surface area contributed by atoms with Crippen LogP contribution in [0.25, 0.3) is 22.3 Å². The number of alkyl halides is 3. The zero-order chi connectivity index (χ0) is 15.0. The minimum Gasteiger partial charge on any atom is -0.307 e. The third-order valence-electron chi connectivity index (χ3n) is 3.07. The first-order chi connectivity index (χ1) is 9.93. The Bertz CT molecular complexity index is 868. The minimum atomic E-state index is -4.40. The van der Waals surface area contributed by atoms with Gasteiger partial charge in [-0.15, -0.1) is 0 Å². The topological polar surface area (TPSA) is 45.8 Å². The summed E-state index contributed by atoms with van der Waals surface area (Å²) in [6, 6.07) is 11.2. The maximum atomic E-state index is 12.7. The van der Waals surface area contributed by atoms with Crippen molar-refractivity contribution in [2.45, 2.75) is 6.18 Å². The summed E-state index contributed by atoms with van der Waals surface area (Å²) in [5.41, 5.74) is 0.0175. The number of rotatable bonds is 1. The van der Waals surface area contributed by atoms with Crippen LogP contribution in [0, 0.1) is 0 Å². The second-order valence-electron chi connectivity index (χ2n) is 4.54. The molecular weight excluding hydrogens is 281 g/mol. The fourth-order valence-electron chi connectivity index (χ4n) is 2.04. The zero-order valence-corrected chi connectivity index (χ0v) is 10.6. The average molecular weight is 290 g/mol. The highest BCUT2D eigenvalue weighted by Gasteiger charge is 2.30. The van der Waals surface area contributed by atoms with Crippen molar-refractivity contribution in [2.24, 2.45) is 0 Å². The Balaban J connectivity index is 2.14. The minimum absolute atomic E-state index is 0.309. The van der Waals surface area contributed by atoms with E-state index >= 15 is 0 Å². The fraction of sp³-hybridized carbons (Fsp3) is 0.0667. The molecule has 0 bridgehead atoms. The molecule has 6 heteroatoms. The van der Waals surface area contributed by atoms with Gasteiger partial charge in [-0.1, -0.05) is 12.1 Å². The van der Waals surface area contributed by atoms with Crippen molar-refractivity contribution < 1.29 is 13.2 Å². The van der Waals surface area contributed by atoms with E-state index in [1.807, 2.05) is 0 Å². The van der Waals surface area contributed by atoms with E-state index in [0.29, 0.717) is 22.3 Å². The highest BCUT2D eigenvalue weighted by molar-refractivity contribution is 5.78. The van der Waals surface area contributed by atoms with Crippen molar-refractivity contribution in [3.05, 3.63) is 64.4 Å². The summed E-state index contributed by atoms with van der Waals surface area (Å²) < 4.78 is 38.2. The van der Waals surface area contributed by atoms with Gasteiger partial charge in [-0.2, -0.15) is 13.2 Å². The molecule has 3 aromatic rings. The molecule has 0 aliphatic heterocycles. The summed E-state index contributed by atoms with van der Waals surface area (Å²) in [7, 11) is 0. The standard InChI is InChI=1S/C15H9F3N2O/c16-15(17,18)11-3-1-2-10(8-11)12-6-4-9-5-7-13(21)20-14(9)19-12/h1-8H,(H,19,20,21). The smallest absolute Gasteiger partial charge is 0.307 e. The van der Waals surface area contributed by atoms with Crippen LogP contribution >= 0.6 is 0 Å². The molecule has 0 fully saturated rings. The molecule has 0 aliphatic rings. The van der Waals surface area contributed by atoms with E-state index in [2.05, 4.69) is 9.97 Å². The second-order valence-corrected chi connectivity index (χ2v) is 4.54. The van der Waals surface area contributed by atoms with Gasteiger partial charge in [-0.3, -0.25) is 4.79 Å². The predicted octanol–water partition coefficient (Wildman–Crippen LogP) is 3.61. The normalized spacial score (nSPS) is 11.8. The van der Waals surface area contributed by atoms with Gasteiger partial charge in [-0.05, 0) is 30.3 Å². The molecule has 2 heterocycles. The van der Waals surface area contributed by atoms with Crippen molar-refractivity contribution in [3.8, 4) is 11.3 Å². The van der Waals surface area contributed by atoms with Gasteiger partial charge < -0.3 is 4.98 Å². The zero-order valence-electron chi connectivity index (χ0n) is 10.6.